The molecule has 2 fully saturated rings. The lowest BCUT2D eigenvalue weighted by atomic mass is 10.3. The maximum Gasteiger partial charge on any atom is 0.407 e. The van der Waals surface area contributed by atoms with Crippen LogP contribution in [-0.4, -0.2) is 77.3 Å². The number of carbonyl (C=O) groups excluding carboxylic acids is 2. The Balaban J connectivity index is 1.56. The largest absolute Gasteiger partial charge is 0.446 e. The predicted octanol–water partition coefficient (Wildman–Crippen LogP) is -1.19. The van der Waals surface area contributed by atoms with Crippen LogP contribution < -0.4 is 10.6 Å². The summed E-state index contributed by atoms with van der Waals surface area (Å²) in [6.45, 7) is -0.386. The van der Waals surface area contributed by atoms with Crippen molar-refractivity contribution in [3.8, 4) is 0 Å². The van der Waals surface area contributed by atoms with Crippen LogP contribution >= 0.6 is 0 Å². The third kappa shape index (κ3) is 6.15. The van der Waals surface area contributed by atoms with Crippen molar-refractivity contribution in [2.45, 2.75) is 24.9 Å². The van der Waals surface area contributed by atoms with Crippen molar-refractivity contribution < 1.29 is 35.9 Å². The zero-order valence-corrected chi connectivity index (χ0v) is 14.5. The van der Waals surface area contributed by atoms with E-state index in [4.69, 9.17) is 9.47 Å². The molecule has 2 heterocycles. The van der Waals surface area contributed by atoms with E-state index in [1.807, 2.05) is 0 Å². The van der Waals surface area contributed by atoms with E-state index in [1.54, 1.807) is 0 Å². The van der Waals surface area contributed by atoms with Crippen LogP contribution in [0.25, 0.3) is 0 Å². The first kappa shape index (κ1) is 18.8. The van der Waals surface area contributed by atoms with E-state index in [2.05, 4.69) is 10.6 Å². The number of alkyl carbamates (subject to hydrolysis) is 2. The van der Waals surface area contributed by atoms with Crippen molar-refractivity contribution in [1.82, 2.24) is 10.6 Å². The summed E-state index contributed by atoms with van der Waals surface area (Å²) < 4.78 is 54.5. The Morgan fingerprint density at radius 1 is 0.792 bits per heavy atom. The van der Waals surface area contributed by atoms with Crippen molar-refractivity contribution in [1.29, 1.82) is 0 Å². The molecular weight excluding hydrogens is 364 g/mol. The molecule has 0 spiro atoms. The summed E-state index contributed by atoms with van der Waals surface area (Å²) in [5, 5.41) is 4.85. The van der Waals surface area contributed by atoms with Crippen molar-refractivity contribution in [2.75, 3.05) is 36.2 Å². The normalized spacial score (nSPS) is 27.3. The lowest BCUT2D eigenvalue weighted by Gasteiger charge is -2.13. The van der Waals surface area contributed by atoms with Gasteiger partial charge < -0.3 is 20.1 Å². The molecule has 0 aromatic carbocycles. The SMILES string of the molecule is O=C(N[C@@H]1CCS(=O)(=O)C1)OCCOC(=O)N[C@@H]1CCS(=O)(=O)C1. The van der Waals surface area contributed by atoms with E-state index in [-0.39, 0.29) is 36.2 Å². The van der Waals surface area contributed by atoms with Gasteiger partial charge in [0.15, 0.2) is 19.7 Å². The first-order valence-corrected chi connectivity index (χ1v) is 11.1. The van der Waals surface area contributed by atoms with Gasteiger partial charge in [-0.05, 0) is 12.8 Å². The summed E-state index contributed by atoms with van der Waals surface area (Å²) in [4.78, 5) is 22.9. The highest BCUT2D eigenvalue weighted by Gasteiger charge is 2.30. The minimum Gasteiger partial charge on any atom is -0.446 e. The molecule has 24 heavy (non-hydrogen) atoms. The molecule has 0 aromatic rings. The number of carbonyl (C=O) groups is 2. The van der Waals surface area contributed by atoms with Gasteiger partial charge in [0.1, 0.15) is 13.2 Å². The summed E-state index contributed by atoms with van der Waals surface area (Å²) >= 11 is 0. The Bertz CT molecular complexity index is 628. The average molecular weight is 384 g/mol. The van der Waals surface area contributed by atoms with E-state index < -0.39 is 43.9 Å². The molecule has 2 atom stereocenters. The van der Waals surface area contributed by atoms with Gasteiger partial charge in [-0.25, -0.2) is 26.4 Å². The first-order chi connectivity index (χ1) is 11.2. The maximum atomic E-state index is 11.5. The molecule has 0 bridgehead atoms. The molecule has 0 radical (unpaired) electrons. The smallest absolute Gasteiger partial charge is 0.407 e. The lowest BCUT2D eigenvalue weighted by Crippen LogP contribution is -2.38. The molecule has 2 aliphatic rings. The van der Waals surface area contributed by atoms with Crippen LogP contribution in [-0.2, 0) is 29.1 Å². The van der Waals surface area contributed by atoms with Crippen LogP contribution in [0.4, 0.5) is 9.59 Å². The average Bonchev–Trinajstić information content (AvgIpc) is 2.96. The fourth-order valence-electron chi connectivity index (χ4n) is 2.50. The minimum absolute atomic E-state index is 0.0398. The van der Waals surface area contributed by atoms with Crippen LogP contribution in [0.5, 0.6) is 0 Å². The minimum atomic E-state index is -3.09. The Morgan fingerprint density at radius 3 is 1.46 bits per heavy atom. The second-order valence-electron chi connectivity index (χ2n) is 5.76. The summed E-state index contributed by atoms with van der Waals surface area (Å²) in [6.07, 6.45) is -0.854. The number of rotatable bonds is 5. The molecule has 138 valence electrons. The molecule has 2 N–H and O–H groups in total. The van der Waals surface area contributed by atoms with Gasteiger partial charge in [0.05, 0.1) is 23.0 Å². The third-order valence-electron chi connectivity index (χ3n) is 3.66. The number of nitrogens with one attached hydrogen (secondary N) is 2. The summed E-state index contributed by atoms with van der Waals surface area (Å²) in [5.74, 6) is -0.132. The van der Waals surface area contributed by atoms with Gasteiger partial charge in [0, 0.05) is 12.1 Å². The summed E-state index contributed by atoms with van der Waals surface area (Å²) in [7, 11) is -6.18. The van der Waals surface area contributed by atoms with Gasteiger partial charge in [-0.2, -0.15) is 0 Å². The van der Waals surface area contributed by atoms with E-state index in [1.165, 1.54) is 0 Å². The number of hydrogen-bond acceptors (Lipinski definition) is 8. The van der Waals surface area contributed by atoms with Crippen LogP contribution in [0.1, 0.15) is 12.8 Å². The van der Waals surface area contributed by atoms with Crippen molar-refractivity contribution >= 4 is 31.9 Å². The monoisotopic (exact) mass is 384 g/mol. The van der Waals surface area contributed by atoms with Crippen LogP contribution in [0.15, 0.2) is 0 Å². The van der Waals surface area contributed by atoms with E-state index in [0.29, 0.717) is 12.8 Å². The summed E-state index contributed by atoms with van der Waals surface area (Å²) in [6, 6.07) is -0.924. The van der Waals surface area contributed by atoms with Gasteiger partial charge >= 0.3 is 12.2 Å². The van der Waals surface area contributed by atoms with Crippen molar-refractivity contribution in [3.63, 3.8) is 0 Å². The fraction of sp³-hybridized carbons (Fsp3) is 0.833. The fourth-order valence-corrected chi connectivity index (χ4v) is 5.85. The highest BCUT2D eigenvalue weighted by molar-refractivity contribution is 7.91. The molecule has 0 aliphatic carbocycles. The second kappa shape index (κ2) is 7.55. The molecule has 0 aromatic heterocycles. The molecule has 10 nitrogen and oxygen atoms in total. The third-order valence-corrected chi connectivity index (χ3v) is 7.19. The van der Waals surface area contributed by atoms with Crippen molar-refractivity contribution in [2.24, 2.45) is 0 Å². The number of amides is 2. The van der Waals surface area contributed by atoms with Gasteiger partial charge in [-0.1, -0.05) is 0 Å². The molecule has 12 heteroatoms. The quantitative estimate of drug-likeness (QED) is 0.563. The summed E-state index contributed by atoms with van der Waals surface area (Å²) in [5.41, 5.74) is 0. The second-order valence-corrected chi connectivity index (χ2v) is 10.2. The van der Waals surface area contributed by atoms with Crippen LogP contribution in [0.2, 0.25) is 0 Å². The van der Waals surface area contributed by atoms with Gasteiger partial charge in [-0.15, -0.1) is 0 Å². The molecule has 2 amide bonds. The number of ether oxygens (including phenoxy) is 2. The number of hydrogen-bond donors (Lipinski definition) is 2. The Labute approximate surface area is 140 Å². The number of sulfone groups is 2. The Kier molecular flexibility index (Phi) is 5.91. The zero-order chi connectivity index (χ0) is 17.8. The van der Waals surface area contributed by atoms with Crippen molar-refractivity contribution in [3.05, 3.63) is 0 Å². The Hall–Kier alpha value is -1.56. The molecule has 0 saturated carbocycles. The molecule has 2 aliphatic heterocycles. The van der Waals surface area contributed by atoms with Crippen LogP contribution in [0.3, 0.4) is 0 Å². The topological polar surface area (TPSA) is 145 Å². The highest BCUT2D eigenvalue weighted by atomic mass is 32.2. The zero-order valence-electron chi connectivity index (χ0n) is 12.9. The van der Waals surface area contributed by atoms with Crippen LogP contribution in [0, 0.1) is 0 Å². The highest BCUT2D eigenvalue weighted by Crippen LogP contribution is 2.12. The predicted molar refractivity (Wildman–Crippen MR) is 83.1 cm³/mol. The standard InChI is InChI=1S/C12H20N2O8S2/c15-11(13-9-1-5-23(17,18)7-9)21-3-4-22-12(16)14-10-2-6-24(19,20)8-10/h9-10H,1-8H2,(H,13,15)(H,14,16)/t9-,10-/m1/s1. The first-order valence-electron chi connectivity index (χ1n) is 7.43. The molecule has 2 rings (SSSR count). The molecule has 2 saturated heterocycles. The van der Waals surface area contributed by atoms with E-state index in [9.17, 15) is 26.4 Å². The van der Waals surface area contributed by atoms with E-state index >= 15 is 0 Å². The lowest BCUT2D eigenvalue weighted by molar-refractivity contribution is 0.0932. The molecular formula is C12H20N2O8S2. The maximum absolute atomic E-state index is 11.5. The van der Waals surface area contributed by atoms with Gasteiger partial charge in [-0.3, -0.25) is 0 Å². The van der Waals surface area contributed by atoms with E-state index in [0.717, 1.165) is 0 Å². The Morgan fingerprint density at radius 2 is 1.17 bits per heavy atom. The van der Waals surface area contributed by atoms with Gasteiger partial charge in [0.25, 0.3) is 0 Å². The molecule has 0 unspecified atom stereocenters. The van der Waals surface area contributed by atoms with Gasteiger partial charge in [0.2, 0.25) is 0 Å².